The van der Waals surface area contributed by atoms with E-state index in [-0.39, 0.29) is 36.0 Å². The van der Waals surface area contributed by atoms with E-state index in [1.165, 1.54) is 12.8 Å². The van der Waals surface area contributed by atoms with E-state index in [1.807, 2.05) is 24.3 Å². The second kappa shape index (κ2) is 11.4. The van der Waals surface area contributed by atoms with Gasteiger partial charge < -0.3 is 10.8 Å². The van der Waals surface area contributed by atoms with E-state index in [4.69, 9.17) is 11.1 Å². The van der Waals surface area contributed by atoms with Crippen molar-refractivity contribution in [3.8, 4) is 0 Å². The molecule has 2 aliphatic carbocycles. The number of ketones is 1. The third-order valence-electron chi connectivity index (χ3n) is 7.21. The molecule has 2 unspecified atom stereocenters. The monoisotopic (exact) mass is 427 g/mol. The summed E-state index contributed by atoms with van der Waals surface area (Å²) in [5.74, 6) is -0.185. The van der Waals surface area contributed by atoms with Gasteiger partial charge in [0.15, 0.2) is 5.78 Å². The molecule has 1 aromatic rings. The summed E-state index contributed by atoms with van der Waals surface area (Å²) in [4.78, 5) is 25.2. The van der Waals surface area contributed by atoms with Crippen molar-refractivity contribution in [2.75, 3.05) is 6.54 Å². The minimum absolute atomic E-state index is 0.0432. The summed E-state index contributed by atoms with van der Waals surface area (Å²) in [5.41, 5.74) is 7.35. The Morgan fingerprint density at radius 2 is 1.52 bits per heavy atom. The molecule has 2 aliphatic rings. The molecule has 0 amide bonds. The van der Waals surface area contributed by atoms with Crippen LogP contribution in [0.3, 0.4) is 0 Å². The highest BCUT2D eigenvalue weighted by Crippen LogP contribution is 2.36. The van der Waals surface area contributed by atoms with E-state index in [0.29, 0.717) is 17.9 Å². The Labute approximate surface area is 185 Å². The van der Waals surface area contributed by atoms with Crippen LogP contribution in [0.25, 0.3) is 0 Å². The zero-order valence-corrected chi connectivity index (χ0v) is 18.4. The van der Waals surface area contributed by atoms with Crippen LogP contribution >= 0.6 is 0 Å². The number of amidine groups is 1. The average molecular weight is 428 g/mol. The molecule has 2 fully saturated rings. The number of nitrogen functional groups attached to an aromatic ring is 1. The Hall–Kier alpha value is -2.21. The molecule has 0 saturated heterocycles. The number of benzene rings is 1. The maximum atomic E-state index is 13.9. The number of nitrogens with two attached hydrogens (primary N) is 1. The first-order valence-electron chi connectivity index (χ1n) is 11.9. The second-order valence-electron chi connectivity index (χ2n) is 9.37. The largest absolute Gasteiger partial charge is 0.480 e. The van der Waals surface area contributed by atoms with E-state index in [1.54, 1.807) is 0 Å². The highest BCUT2D eigenvalue weighted by molar-refractivity contribution is 5.95. The minimum atomic E-state index is -0.914. The van der Waals surface area contributed by atoms with Crippen molar-refractivity contribution < 1.29 is 14.7 Å². The molecular weight excluding hydrogens is 390 g/mol. The Morgan fingerprint density at radius 3 is 2.03 bits per heavy atom. The number of carbonyl (C=O) groups is 2. The summed E-state index contributed by atoms with van der Waals surface area (Å²) < 4.78 is 0. The smallest absolute Gasteiger partial charge is 0.317 e. The molecule has 6 nitrogen and oxygen atoms in total. The van der Waals surface area contributed by atoms with Gasteiger partial charge in [-0.15, -0.1) is 0 Å². The molecule has 0 bridgehead atoms. The summed E-state index contributed by atoms with van der Waals surface area (Å²) in [5, 5.41) is 20.0. The first-order chi connectivity index (χ1) is 15.0. The molecule has 5 N–H and O–H groups in total. The van der Waals surface area contributed by atoms with Crippen molar-refractivity contribution in [3.05, 3.63) is 35.4 Å². The number of aliphatic carboxylic acids is 1. The van der Waals surface area contributed by atoms with E-state index < -0.39 is 5.97 Å². The number of nitrogens with one attached hydrogen (secondary N) is 2. The van der Waals surface area contributed by atoms with Gasteiger partial charge in [-0.2, -0.15) is 0 Å². The van der Waals surface area contributed by atoms with Crippen molar-refractivity contribution in [1.82, 2.24) is 5.32 Å². The van der Waals surface area contributed by atoms with E-state index >= 15 is 0 Å². The Morgan fingerprint density at radius 1 is 0.968 bits per heavy atom. The van der Waals surface area contributed by atoms with Gasteiger partial charge in [-0.3, -0.25) is 20.3 Å². The van der Waals surface area contributed by atoms with Crippen LogP contribution in [0.15, 0.2) is 24.3 Å². The molecule has 0 aliphatic heterocycles. The maximum absolute atomic E-state index is 13.9. The van der Waals surface area contributed by atoms with Crippen LogP contribution in [0.4, 0.5) is 0 Å². The number of Topliss-reactive ketones (excluding diaryl/α,β-unsaturated/α-hetero) is 1. The lowest BCUT2D eigenvalue weighted by Crippen LogP contribution is -2.49. The van der Waals surface area contributed by atoms with Gasteiger partial charge in [0.1, 0.15) is 5.84 Å². The Kier molecular flexibility index (Phi) is 8.64. The van der Waals surface area contributed by atoms with Crippen LogP contribution in [0.5, 0.6) is 0 Å². The molecule has 2 atom stereocenters. The zero-order chi connectivity index (χ0) is 22.2. The maximum Gasteiger partial charge on any atom is 0.317 e. The Bertz CT molecular complexity index is 750. The molecule has 0 aromatic heterocycles. The lowest BCUT2D eigenvalue weighted by Gasteiger charge is -2.36. The normalized spacial score (nSPS) is 20.1. The highest BCUT2D eigenvalue weighted by Gasteiger charge is 2.37. The second-order valence-corrected chi connectivity index (χ2v) is 9.37. The summed E-state index contributed by atoms with van der Waals surface area (Å²) >= 11 is 0. The summed E-state index contributed by atoms with van der Waals surface area (Å²) in [6.45, 7) is -0.169. The average Bonchev–Trinajstić information content (AvgIpc) is 2.79. The van der Waals surface area contributed by atoms with Crippen LogP contribution in [0.1, 0.15) is 75.3 Å². The van der Waals surface area contributed by atoms with Crippen molar-refractivity contribution in [2.45, 2.75) is 76.7 Å². The first-order valence-corrected chi connectivity index (χ1v) is 11.9. The van der Waals surface area contributed by atoms with Gasteiger partial charge in [0.25, 0.3) is 0 Å². The number of carbonyl (C=O) groups excluding carboxylic acids is 1. The van der Waals surface area contributed by atoms with Gasteiger partial charge in [-0.05, 0) is 49.5 Å². The number of carboxylic acids is 1. The predicted molar refractivity (Wildman–Crippen MR) is 122 cm³/mol. The zero-order valence-electron chi connectivity index (χ0n) is 18.4. The topological polar surface area (TPSA) is 116 Å². The van der Waals surface area contributed by atoms with Crippen molar-refractivity contribution >= 4 is 17.6 Å². The summed E-state index contributed by atoms with van der Waals surface area (Å²) in [6.07, 6.45) is 11.8. The fourth-order valence-electron chi connectivity index (χ4n) is 5.51. The SMILES string of the molecule is N=C(N)c1ccc(CC(C(=O)C(NCC(=O)O)C2CCCCC2)C2CCCCC2)cc1. The van der Waals surface area contributed by atoms with Gasteiger partial charge in [-0.25, -0.2) is 0 Å². The number of hydrogen-bond acceptors (Lipinski definition) is 4. The van der Waals surface area contributed by atoms with Gasteiger partial charge in [0, 0.05) is 11.5 Å². The molecule has 2 saturated carbocycles. The van der Waals surface area contributed by atoms with Gasteiger partial charge in [0.2, 0.25) is 0 Å². The number of carboxylic acid groups (broad SMARTS) is 1. The van der Waals surface area contributed by atoms with Gasteiger partial charge in [-0.1, -0.05) is 62.8 Å². The number of hydrogen-bond donors (Lipinski definition) is 4. The van der Waals surface area contributed by atoms with Crippen LogP contribution in [-0.4, -0.2) is 35.3 Å². The standard InChI is InChI=1S/C25H37N3O3/c26-25(27)20-13-11-17(12-14-20)15-21(18-7-3-1-4-8-18)24(31)23(28-16-22(29)30)19-9-5-2-6-10-19/h11-14,18-19,21,23,28H,1-10,15-16H2,(H3,26,27)(H,29,30). The van der Waals surface area contributed by atoms with Crippen molar-refractivity contribution in [2.24, 2.45) is 23.5 Å². The third kappa shape index (κ3) is 6.63. The summed E-state index contributed by atoms with van der Waals surface area (Å²) in [7, 11) is 0. The lowest BCUT2D eigenvalue weighted by molar-refractivity contribution is -0.136. The molecule has 0 radical (unpaired) electrons. The first kappa shape index (κ1) is 23.5. The molecule has 0 heterocycles. The van der Waals surface area contributed by atoms with Gasteiger partial charge in [0.05, 0.1) is 12.6 Å². The van der Waals surface area contributed by atoms with Gasteiger partial charge >= 0.3 is 5.97 Å². The van der Waals surface area contributed by atoms with E-state index in [2.05, 4.69) is 5.32 Å². The highest BCUT2D eigenvalue weighted by atomic mass is 16.4. The molecule has 1 aromatic carbocycles. The molecule has 3 rings (SSSR count). The minimum Gasteiger partial charge on any atom is -0.480 e. The molecule has 31 heavy (non-hydrogen) atoms. The fraction of sp³-hybridized carbons (Fsp3) is 0.640. The van der Waals surface area contributed by atoms with Crippen LogP contribution in [0.2, 0.25) is 0 Å². The van der Waals surface area contributed by atoms with Crippen LogP contribution in [-0.2, 0) is 16.0 Å². The molecule has 170 valence electrons. The Balaban J connectivity index is 1.82. The van der Waals surface area contributed by atoms with E-state index in [0.717, 1.165) is 56.9 Å². The predicted octanol–water partition coefficient (Wildman–Crippen LogP) is 3.90. The molecule has 6 heteroatoms. The lowest BCUT2D eigenvalue weighted by atomic mass is 9.71. The van der Waals surface area contributed by atoms with Crippen LogP contribution in [0, 0.1) is 23.2 Å². The van der Waals surface area contributed by atoms with Crippen LogP contribution < -0.4 is 11.1 Å². The van der Waals surface area contributed by atoms with Crippen molar-refractivity contribution in [1.29, 1.82) is 5.41 Å². The third-order valence-corrected chi connectivity index (χ3v) is 7.21. The quantitative estimate of drug-likeness (QED) is 0.334. The molecular formula is C25H37N3O3. The number of rotatable bonds is 10. The summed E-state index contributed by atoms with van der Waals surface area (Å²) in [6, 6.07) is 7.27. The van der Waals surface area contributed by atoms with Crippen molar-refractivity contribution in [3.63, 3.8) is 0 Å². The molecule has 0 spiro atoms. The van der Waals surface area contributed by atoms with E-state index in [9.17, 15) is 14.7 Å². The fourth-order valence-corrected chi connectivity index (χ4v) is 5.51.